The third-order valence-electron chi connectivity index (χ3n) is 5.14. The summed E-state index contributed by atoms with van der Waals surface area (Å²) in [5, 5.41) is 38.6. The first kappa shape index (κ1) is 23.0. The maximum absolute atomic E-state index is 9.19. The molecule has 36 heavy (non-hydrogen) atoms. The summed E-state index contributed by atoms with van der Waals surface area (Å²) in [5.74, 6) is 0.844. The first-order valence-corrected chi connectivity index (χ1v) is 11.0. The lowest BCUT2D eigenvalue weighted by molar-refractivity contribution is 0.197. The maximum atomic E-state index is 9.19. The predicted molar refractivity (Wildman–Crippen MR) is 133 cm³/mol. The minimum Gasteiger partial charge on any atom is -0.473 e. The molecule has 5 rings (SSSR count). The van der Waals surface area contributed by atoms with Crippen LogP contribution in [-0.2, 0) is 0 Å². The van der Waals surface area contributed by atoms with E-state index in [9.17, 15) is 10.2 Å². The molecule has 0 radical (unpaired) electrons. The van der Waals surface area contributed by atoms with E-state index in [4.69, 9.17) is 20.6 Å². The summed E-state index contributed by atoms with van der Waals surface area (Å²) in [4.78, 5) is 9.26. The van der Waals surface area contributed by atoms with Crippen molar-refractivity contribution in [2.45, 2.75) is 0 Å². The second kappa shape index (κ2) is 9.85. The van der Waals surface area contributed by atoms with Crippen molar-refractivity contribution in [3.8, 4) is 11.8 Å². The van der Waals surface area contributed by atoms with Crippen LogP contribution < -0.4 is 20.5 Å². The van der Waals surface area contributed by atoms with Gasteiger partial charge >= 0.3 is 0 Å². The van der Waals surface area contributed by atoms with Gasteiger partial charge in [-0.1, -0.05) is 12.1 Å². The van der Waals surface area contributed by atoms with Crippen molar-refractivity contribution >= 4 is 39.8 Å². The molecule has 5 heterocycles. The number of pyridine rings is 2. The Labute approximate surface area is 204 Å². The zero-order valence-corrected chi connectivity index (χ0v) is 19.0. The van der Waals surface area contributed by atoms with Gasteiger partial charge in [0.1, 0.15) is 13.2 Å². The number of nitrogens with one attached hydrogen (secondary N) is 2. The molecule has 184 valence electrons. The molecule has 0 bridgehead atoms. The molecule has 0 aromatic carbocycles. The minimum absolute atomic E-state index is 0.0338. The number of rotatable bonds is 8. The van der Waals surface area contributed by atoms with Gasteiger partial charge in [0.25, 0.3) is 11.8 Å². The topological polar surface area (TPSA) is 180 Å². The molecule has 0 amide bonds. The number of amidine groups is 2. The van der Waals surface area contributed by atoms with Gasteiger partial charge in [-0.3, -0.25) is 5.41 Å². The summed E-state index contributed by atoms with van der Waals surface area (Å²) in [6.45, 7) is -0.284. The Morgan fingerprint density at radius 2 is 1.39 bits per heavy atom. The summed E-state index contributed by atoms with van der Waals surface area (Å²) in [7, 11) is 0. The van der Waals surface area contributed by atoms with Crippen LogP contribution in [0, 0.1) is 5.41 Å². The highest BCUT2D eigenvalue weighted by Gasteiger charge is 2.23. The molecule has 13 heteroatoms. The molecule has 0 saturated carbocycles. The standard InChI is InChI=1S/C23H23N9O4/c24-14-13-15(25)21(27-19-17-6-2-4-8-32(17)30-23(19)36-12-10-34)28-20(14)26-18-16-5-1-3-7-31(16)29-22(18)35-11-9-33/h1-8,13,24,33-34H,9-12,25H2,(H,26,27,28). The van der Waals surface area contributed by atoms with Crippen molar-refractivity contribution in [3.63, 3.8) is 0 Å². The summed E-state index contributed by atoms with van der Waals surface area (Å²) in [6, 6.07) is 10.9. The second-order valence-electron chi connectivity index (χ2n) is 7.57. The Hall–Kier alpha value is -4.75. The van der Waals surface area contributed by atoms with Gasteiger partial charge in [0.2, 0.25) is 0 Å². The molecule has 4 aromatic heterocycles. The highest BCUT2D eigenvalue weighted by Crippen LogP contribution is 2.33. The van der Waals surface area contributed by atoms with Crippen molar-refractivity contribution in [2.24, 2.45) is 15.7 Å². The quantitative estimate of drug-likeness (QED) is 0.243. The van der Waals surface area contributed by atoms with Gasteiger partial charge in [-0.05, 0) is 30.3 Å². The molecule has 0 fully saturated rings. The van der Waals surface area contributed by atoms with E-state index in [-0.39, 0.29) is 61.3 Å². The normalized spacial score (nSPS) is 16.1. The van der Waals surface area contributed by atoms with E-state index in [2.05, 4.69) is 25.5 Å². The van der Waals surface area contributed by atoms with E-state index in [0.29, 0.717) is 22.4 Å². The Kier molecular flexibility index (Phi) is 6.30. The smallest absolute Gasteiger partial charge is 0.260 e. The summed E-state index contributed by atoms with van der Waals surface area (Å²) in [6.07, 6.45) is 4.93. The number of ether oxygens (including phenoxy) is 2. The summed E-state index contributed by atoms with van der Waals surface area (Å²) >= 11 is 0. The van der Waals surface area contributed by atoms with E-state index in [1.165, 1.54) is 6.08 Å². The van der Waals surface area contributed by atoms with Crippen LogP contribution in [0.4, 0.5) is 11.4 Å². The molecule has 0 saturated heterocycles. The molecule has 0 aliphatic carbocycles. The predicted octanol–water partition coefficient (Wildman–Crippen LogP) is 0.950. The fourth-order valence-electron chi connectivity index (χ4n) is 3.57. The highest BCUT2D eigenvalue weighted by molar-refractivity contribution is 6.50. The van der Waals surface area contributed by atoms with Gasteiger partial charge in [0, 0.05) is 12.4 Å². The van der Waals surface area contributed by atoms with E-state index in [1.54, 1.807) is 21.4 Å². The monoisotopic (exact) mass is 489 g/mol. The van der Waals surface area contributed by atoms with Crippen LogP contribution in [0.5, 0.6) is 11.8 Å². The fourth-order valence-corrected chi connectivity index (χ4v) is 3.57. The van der Waals surface area contributed by atoms with Gasteiger partial charge in [0.05, 0.1) is 35.7 Å². The van der Waals surface area contributed by atoms with Crippen LogP contribution in [0.1, 0.15) is 0 Å². The highest BCUT2D eigenvalue weighted by atomic mass is 16.5. The average molecular weight is 489 g/mol. The number of hydrogen-bond acceptors (Lipinski definition) is 10. The summed E-state index contributed by atoms with van der Waals surface area (Å²) in [5.41, 5.74) is 8.55. The maximum Gasteiger partial charge on any atom is 0.260 e. The number of aliphatic hydroxyl groups is 2. The number of fused-ring (bicyclic) bond motifs is 2. The third-order valence-corrected chi connectivity index (χ3v) is 5.14. The molecule has 0 spiro atoms. The van der Waals surface area contributed by atoms with Crippen LogP contribution >= 0.6 is 0 Å². The molecular formula is C23H23N9O4. The number of aliphatic hydroxyl groups excluding tert-OH is 2. The largest absolute Gasteiger partial charge is 0.473 e. The lowest BCUT2D eigenvalue weighted by Crippen LogP contribution is -2.42. The van der Waals surface area contributed by atoms with Gasteiger partial charge in [-0.15, -0.1) is 10.2 Å². The van der Waals surface area contributed by atoms with Crippen molar-refractivity contribution < 1.29 is 19.7 Å². The van der Waals surface area contributed by atoms with Crippen LogP contribution in [-0.4, -0.2) is 73.3 Å². The molecule has 1 aliphatic heterocycles. The molecular weight excluding hydrogens is 466 g/mol. The number of hydrogen-bond donors (Lipinski definition) is 5. The lowest BCUT2D eigenvalue weighted by atomic mass is 10.2. The fraction of sp³-hybridized carbons (Fsp3) is 0.174. The Morgan fingerprint density at radius 3 is 1.92 bits per heavy atom. The first-order chi connectivity index (χ1) is 17.6. The van der Waals surface area contributed by atoms with E-state index in [1.807, 2.05) is 36.4 Å². The Morgan fingerprint density at radius 1 is 0.861 bits per heavy atom. The van der Waals surface area contributed by atoms with Gasteiger partial charge < -0.3 is 30.7 Å². The Bertz CT molecular complexity index is 1530. The number of aliphatic imine (C=N–C) groups is 2. The van der Waals surface area contributed by atoms with Crippen LogP contribution in [0.15, 0.2) is 70.5 Å². The first-order valence-electron chi connectivity index (χ1n) is 11.0. The van der Waals surface area contributed by atoms with Crippen LogP contribution in [0.2, 0.25) is 0 Å². The van der Waals surface area contributed by atoms with E-state index in [0.717, 1.165) is 0 Å². The SMILES string of the molecule is N=C1C=C(N)/C(=N\c2c(OCCO)nn3ccccc23)N/C1=N\c1c(OCCO)nn2ccccc12. The molecule has 6 N–H and O–H groups in total. The van der Waals surface area contributed by atoms with Crippen LogP contribution in [0.25, 0.3) is 11.0 Å². The zero-order valence-electron chi connectivity index (χ0n) is 19.0. The van der Waals surface area contributed by atoms with Gasteiger partial charge in [0.15, 0.2) is 23.0 Å². The zero-order chi connectivity index (χ0) is 25.1. The van der Waals surface area contributed by atoms with Gasteiger partial charge in [-0.2, -0.15) is 0 Å². The molecule has 4 aromatic rings. The molecule has 0 atom stereocenters. The Balaban J connectivity index is 1.58. The van der Waals surface area contributed by atoms with Crippen molar-refractivity contribution in [1.29, 1.82) is 5.41 Å². The molecule has 13 nitrogen and oxygen atoms in total. The third kappa shape index (κ3) is 4.35. The average Bonchev–Trinajstić information content (AvgIpc) is 3.42. The number of aromatic nitrogens is 4. The van der Waals surface area contributed by atoms with Gasteiger partial charge in [-0.25, -0.2) is 19.0 Å². The summed E-state index contributed by atoms with van der Waals surface area (Å²) < 4.78 is 14.4. The molecule has 1 aliphatic rings. The number of nitrogens with zero attached hydrogens (tertiary/aromatic N) is 6. The van der Waals surface area contributed by atoms with Crippen molar-refractivity contribution in [1.82, 2.24) is 24.5 Å². The van der Waals surface area contributed by atoms with Crippen molar-refractivity contribution in [3.05, 3.63) is 60.6 Å². The van der Waals surface area contributed by atoms with E-state index < -0.39 is 0 Å². The lowest BCUT2D eigenvalue weighted by Gasteiger charge is -2.17. The van der Waals surface area contributed by atoms with Crippen molar-refractivity contribution in [2.75, 3.05) is 26.4 Å². The minimum atomic E-state index is -0.186. The molecule has 0 unspecified atom stereocenters. The number of nitrogens with two attached hydrogens (primary N) is 1. The van der Waals surface area contributed by atoms with E-state index >= 15 is 0 Å². The van der Waals surface area contributed by atoms with Crippen LogP contribution in [0.3, 0.4) is 0 Å². The second-order valence-corrected chi connectivity index (χ2v) is 7.57.